The van der Waals surface area contributed by atoms with E-state index in [1.54, 1.807) is 0 Å². The lowest BCUT2D eigenvalue weighted by atomic mass is 9.84. The summed E-state index contributed by atoms with van der Waals surface area (Å²) in [6.45, 7) is 6.29. The van der Waals surface area contributed by atoms with Crippen molar-refractivity contribution in [1.82, 2.24) is 0 Å². The van der Waals surface area contributed by atoms with Crippen LogP contribution in [-0.4, -0.2) is 11.2 Å². The quantitative estimate of drug-likeness (QED) is 0.587. The molecule has 0 radical (unpaired) electrons. The van der Waals surface area contributed by atoms with Crippen LogP contribution in [0.3, 0.4) is 0 Å². The predicted molar refractivity (Wildman–Crippen MR) is 53.4 cm³/mol. The Hall–Kier alpha value is -1.02. The molecule has 0 saturated carbocycles. The Kier molecular flexibility index (Phi) is 1.27. The van der Waals surface area contributed by atoms with Gasteiger partial charge in [-0.1, -0.05) is 18.2 Å². The molecular formula is C12H14O2. The largest absolute Gasteiger partial charge is 0.484 e. The molecule has 0 N–H and O–H groups in total. The Morgan fingerprint density at radius 1 is 1.14 bits per heavy atom. The number of para-hydroxylation sites is 1. The summed E-state index contributed by atoms with van der Waals surface area (Å²) in [7, 11) is 0. The summed E-state index contributed by atoms with van der Waals surface area (Å²) in [5.41, 5.74) is 0.822. The molecule has 2 nitrogen and oxygen atoms in total. The molecule has 0 unspecified atom stereocenters. The van der Waals surface area contributed by atoms with Crippen molar-refractivity contribution < 1.29 is 9.47 Å². The van der Waals surface area contributed by atoms with Crippen molar-refractivity contribution in [3.05, 3.63) is 29.8 Å². The van der Waals surface area contributed by atoms with Gasteiger partial charge in [0.05, 0.1) is 0 Å². The molecule has 2 heterocycles. The summed E-state index contributed by atoms with van der Waals surface area (Å²) in [5.74, 6) is 0.970. The first-order valence-corrected chi connectivity index (χ1v) is 5.00. The molecule has 3 rings (SSSR count). The van der Waals surface area contributed by atoms with Gasteiger partial charge in [0.15, 0.2) is 0 Å². The van der Waals surface area contributed by atoms with Gasteiger partial charge in [0, 0.05) is 5.56 Å². The predicted octanol–water partition coefficient (Wildman–Crippen LogP) is 2.69. The summed E-state index contributed by atoms with van der Waals surface area (Å²) in [6.07, 6.45) is 0.224. The molecule has 1 aromatic rings. The van der Waals surface area contributed by atoms with Gasteiger partial charge in [0.2, 0.25) is 0 Å². The number of fused-ring (bicyclic) bond motifs is 3. The molecule has 0 amide bonds. The normalized spacial score (nSPS) is 36.6. The Morgan fingerprint density at radius 3 is 2.64 bits per heavy atom. The SMILES string of the molecule is CC1(C)Oc2ccccc2[C@H]2O[C@]21C. The maximum Gasteiger partial charge on any atom is 0.136 e. The molecule has 2 aliphatic rings. The van der Waals surface area contributed by atoms with E-state index >= 15 is 0 Å². The number of hydrogen-bond acceptors (Lipinski definition) is 2. The van der Waals surface area contributed by atoms with Crippen molar-refractivity contribution in [2.75, 3.05) is 0 Å². The third kappa shape index (κ3) is 0.800. The van der Waals surface area contributed by atoms with Gasteiger partial charge in [-0.25, -0.2) is 0 Å². The minimum absolute atomic E-state index is 0.138. The van der Waals surface area contributed by atoms with E-state index in [2.05, 4.69) is 26.8 Å². The molecule has 1 aromatic carbocycles. The van der Waals surface area contributed by atoms with Gasteiger partial charge in [-0.3, -0.25) is 0 Å². The van der Waals surface area contributed by atoms with E-state index in [4.69, 9.17) is 9.47 Å². The summed E-state index contributed by atoms with van der Waals surface area (Å²) in [6, 6.07) is 8.13. The maximum atomic E-state index is 5.95. The van der Waals surface area contributed by atoms with Crippen LogP contribution in [0.4, 0.5) is 0 Å². The van der Waals surface area contributed by atoms with Crippen molar-refractivity contribution in [2.45, 2.75) is 38.1 Å². The van der Waals surface area contributed by atoms with Gasteiger partial charge in [-0.15, -0.1) is 0 Å². The van der Waals surface area contributed by atoms with Crippen LogP contribution in [-0.2, 0) is 4.74 Å². The summed E-state index contributed by atoms with van der Waals surface area (Å²) < 4.78 is 11.7. The lowest BCUT2D eigenvalue weighted by Crippen LogP contribution is -2.45. The van der Waals surface area contributed by atoms with Crippen molar-refractivity contribution >= 4 is 0 Å². The second-order valence-electron chi connectivity index (χ2n) is 4.76. The highest BCUT2D eigenvalue weighted by Gasteiger charge is 2.67. The van der Waals surface area contributed by atoms with Gasteiger partial charge in [0.25, 0.3) is 0 Å². The van der Waals surface area contributed by atoms with Crippen LogP contribution in [0.25, 0.3) is 0 Å². The van der Waals surface area contributed by atoms with E-state index in [1.807, 2.05) is 18.2 Å². The van der Waals surface area contributed by atoms with Crippen LogP contribution >= 0.6 is 0 Å². The van der Waals surface area contributed by atoms with Crippen molar-refractivity contribution in [3.8, 4) is 5.75 Å². The lowest BCUT2D eigenvalue weighted by Gasteiger charge is -2.35. The van der Waals surface area contributed by atoms with Crippen LogP contribution in [0.1, 0.15) is 32.4 Å². The fraction of sp³-hybridized carbons (Fsp3) is 0.500. The Morgan fingerprint density at radius 2 is 1.86 bits per heavy atom. The van der Waals surface area contributed by atoms with E-state index in [0.717, 1.165) is 5.75 Å². The van der Waals surface area contributed by atoms with Crippen molar-refractivity contribution in [3.63, 3.8) is 0 Å². The van der Waals surface area contributed by atoms with Crippen LogP contribution in [0, 0.1) is 0 Å². The highest BCUT2D eigenvalue weighted by atomic mass is 16.7. The second-order valence-corrected chi connectivity index (χ2v) is 4.76. The Labute approximate surface area is 83.8 Å². The molecule has 0 aliphatic carbocycles. The zero-order valence-corrected chi connectivity index (χ0v) is 8.70. The Balaban J connectivity index is 2.15. The molecule has 14 heavy (non-hydrogen) atoms. The van der Waals surface area contributed by atoms with Crippen molar-refractivity contribution in [2.24, 2.45) is 0 Å². The molecule has 0 spiro atoms. The fourth-order valence-electron chi connectivity index (χ4n) is 2.19. The first-order chi connectivity index (χ1) is 6.55. The molecule has 2 atom stereocenters. The highest BCUT2D eigenvalue weighted by Crippen LogP contribution is 2.61. The van der Waals surface area contributed by atoms with E-state index < -0.39 is 0 Å². The van der Waals surface area contributed by atoms with Crippen LogP contribution in [0.15, 0.2) is 24.3 Å². The zero-order chi connectivity index (χ0) is 9.97. The van der Waals surface area contributed by atoms with E-state index in [0.29, 0.717) is 0 Å². The molecule has 74 valence electrons. The second kappa shape index (κ2) is 2.14. The van der Waals surface area contributed by atoms with Crippen molar-refractivity contribution in [1.29, 1.82) is 0 Å². The third-order valence-electron chi connectivity index (χ3n) is 3.57. The number of benzene rings is 1. The molecule has 0 bridgehead atoms. The number of rotatable bonds is 0. The average molecular weight is 190 g/mol. The fourth-order valence-corrected chi connectivity index (χ4v) is 2.19. The smallest absolute Gasteiger partial charge is 0.136 e. The van der Waals surface area contributed by atoms with E-state index in [-0.39, 0.29) is 17.3 Å². The van der Waals surface area contributed by atoms with Gasteiger partial charge >= 0.3 is 0 Å². The molecule has 0 aromatic heterocycles. The molecule has 2 heteroatoms. The summed E-state index contributed by atoms with van der Waals surface area (Å²) in [4.78, 5) is 0. The van der Waals surface area contributed by atoms with Gasteiger partial charge < -0.3 is 9.47 Å². The summed E-state index contributed by atoms with van der Waals surface area (Å²) >= 11 is 0. The first kappa shape index (κ1) is 8.30. The molecule has 2 aliphatic heterocycles. The molecule has 1 saturated heterocycles. The van der Waals surface area contributed by atoms with Gasteiger partial charge in [0.1, 0.15) is 23.1 Å². The van der Waals surface area contributed by atoms with Crippen LogP contribution in [0.2, 0.25) is 0 Å². The van der Waals surface area contributed by atoms with E-state index in [1.165, 1.54) is 5.56 Å². The van der Waals surface area contributed by atoms with Gasteiger partial charge in [-0.2, -0.15) is 0 Å². The number of ether oxygens (including phenoxy) is 2. The standard InChI is InChI=1S/C12H14O2/c1-11(2)12(3)10(14-12)8-6-4-5-7-9(8)13-11/h4-7,10H,1-3H3/t10-,12-/m1/s1. The van der Waals surface area contributed by atoms with E-state index in [9.17, 15) is 0 Å². The monoisotopic (exact) mass is 190 g/mol. The summed E-state index contributed by atoms with van der Waals surface area (Å²) in [5, 5.41) is 0. The minimum Gasteiger partial charge on any atom is -0.484 e. The average Bonchev–Trinajstić information content (AvgIpc) is 2.80. The Bertz CT molecular complexity index is 394. The number of epoxide rings is 1. The third-order valence-corrected chi connectivity index (χ3v) is 3.57. The topological polar surface area (TPSA) is 21.8 Å². The lowest BCUT2D eigenvalue weighted by molar-refractivity contribution is 0.0242. The molecular weight excluding hydrogens is 176 g/mol. The zero-order valence-electron chi connectivity index (χ0n) is 8.70. The van der Waals surface area contributed by atoms with Crippen LogP contribution in [0.5, 0.6) is 5.75 Å². The first-order valence-electron chi connectivity index (χ1n) is 5.00. The maximum absolute atomic E-state index is 5.95. The van der Waals surface area contributed by atoms with Gasteiger partial charge in [-0.05, 0) is 26.8 Å². The van der Waals surface area contributed by atoms with Crippen LogP contribution < -0.4 is 4.74 Å². The number of hydrogen-bond donors (Lipinski definition) is 0. The molecule has 1 fully saturated rings. The minimum atomic E-state index is -0.230. The highest BCUT2D eigenvalue weighted by molar-refractivity contribution is 5.44.